The van der Waals surface area contributed by atoms with Crippen molar-refractivity contribution in [2.45, 2.75) is 26.5 Å². The normalized spacial score (nSPS) is 10.3. The van der Waals surface area contributed by atoms with E-state index in [-0.39, 0.29) is 5.56 Å². The van der Waals surface area contributed by atoms with Crippen molar-refractivity contribution in [1.29, 1.82) is 0 Å². The molecule has 0 bridgehead atoms. The van der Waals surface area contributed by atoms with Gasteiger partial charge in [-0.3, -0.25) is 4.79 Å². The molecule has 2 rings (SSSR count). The Balaban J connectivity index is 2.06. The highest BCUT2D eigenvalue weighted by Gasteiger charge is 2.05. The van der Waals surface area contributed by atoms with Gasteiger partial charge in [-0.25, -0.2) is 0 Å². The van der Waals surface area contributed by atoms with Crippen molar-refractivity contribution in [3.8, 4) is 5.75 Å². The van der Waals surface area contributed by atoms with E-state index in [2.05, 4.69) is 0 Å². The number of ether oxygens (including phenoxy) is 1. The molecule has 0 aliphatic carbocycles. The van der Waals surface area contributed by atoms with E-state index < -0.39 is 0 Å². The standard InChI is InChI=1S/C16H18N2O2S/c1-12-4-6-13(7-5-12)11-20-14-3-2-9-18(16(14)19)10-8-15(17)21/h2-7,9H,8,10-11H2,1H3,(H2,17,21). The molecule has 1 aromatic heterocycles. The van der Waals surface area contributed by atoms with Crippen molar-refractivity contribution in [1.82, 2.24) is 4.57 Å². The zero-order valence-electron chi connectivity index (χ0n) is 11.9. The van der Waals surface area contributed by atoms with Gasteiger partial charge in [0.05, 0.1) is 4.99 Å². The minimum Gasteiger partial charge on any atom is -0.483 e. The van der Waals surface area contributed by atoms with Crippen molar-refractivity contribution in [2.24, 2.45) is 5.73 Å². The summed E-state index contributed by atoms with van der Waals surface area (Å²) >= 11 is 4.83. The summed E-state index contributed by atoms with van der Waals surface area (Å²) in [6.45, 7) is 2.87. The van der Waals surface area contributed by atoms with E-state index >= 15 is 0 Å². The molecule has 0 radical (unpaired) electrons. The minimum atomic E-state index is -0.166. The lowest BCUT2D eigenvalue weighted by Gasteiger charge is -2.09. The Bertz CT molecular complexity index is 677. The monoisotopic (exact) mass is 302 g/mol. The van der Waals surface area contributed by atoms with Crippen LogP contribution in [0.3, 0.4) is 0 Å². The summed E-state index contributed by atoms with van der Waals surface area (Å²) in [4.78, 5) is 12.6. The largest absolute Gasteiger partial charge is 0.483 e. The smallest absolute Gasteiger partial charge is 0.292 e. The molecule has 0 amide bonds. The molecule has 2 aromatic rings. The lowest BCUT2D eigenvalue weighted by atomic mass is 10.2. The summed E-state index contributed by atoms with van der Waals surface area (Å²) in [5.74, 6) is 0.334. The molecule has 0 unspecified atom stereocenters. The van der Waals surface area contributed by atoms with E-state index in [4.69, 9.17) is 22.7 Å². The van der Waals surface area contributed by atoms with Crippen LogP contribution >= 0.6 is 12.2 Å². The number of hydrogen-bond donors (Lipinski definition) is 1. The second kappa shape index (κ2) is 7.04. The van der Waals surface area contributed by atoms with E-state index in [1.807, 2.05) is 31.2 Å². The zero-order chi connectivity index (χ0) is 15.2. The van der Waals surface area contributed by atoms with Crippen LogP contribution in [0.4, 0.5) is 0 Å². The Kier molecular flexibility index (Phi) is 5.11. The lowest BCUT2D eigenvalue weighted by molar-refractivity contribution is 0.299. The van der Waals surface area contributed by atoms with Gasteiger partial charge in [-0.1, -0.05) is 42.0 Å². The predicted octanol–water partition coefficient (Wildman–Crippen LogP) is 2.41. The van der Waals surface area contributed by atoms with Gasteiger partial charge in [-0.05, 0) is 24.6 Å². The van der Waals surface area contributed by atoms with Crippen LogP contribution in [0.1, 0.15) is 17.5 Å². The molecule has 0 saturated carbocycles. The number of aryl methyl sites for hydroxylation is 2. The van der Waals surface area contributed by atoms with E-state index in [1.165, 1.54) is 5.56 Å². The van der Waals surface area contributed by atoms with Crippen LogP contribution in [0.15, 0.2) is 47.4 Å². The molecule has 0 fully saturated rings. The van der Waals surface area contributed by atoms with E-state index in [9.17, 15) is 4.79 Å². The van der Waals surface area contributed by atoms with Crippen LogP contribution in [0.5, 0.6) is 5.75 Å². The number of aromatic nitrogens is 1. The summed E-state index contributed by atoms with van der Waals surface area (Å²) in [7, 11) is 0. The molecule has 1 heterocycles. The number of nitrogens with two attached hydrogens (primary N) is 1. The van der Waals surface area contributed by atoms with Gasteiger partial charge in [0, 0.05) is 19.2 Å². The number of thiocarbonyl (C=S) groups is 1. The average molecular weight is 302 g/mol. The predicted molar refractivity (Wildman–Crippen MR) is 87.6 cm³/mol. The summed E-state index contributed by atoms with van der Waals surface area (Å²) in [6, 6.07) is 11.5. The Labute approximate surface area is 129 Å². The van der Waals surface area contributed by atoms with Gasteiger partial charge >= 0.3 is 0 Å². The summed E-state index contributed by atoms with van der Waals surface area (Å²) < 4.78 is 7.17. The molecule has 1 aromatic carbocycles. The fraction of sp³-hybridized carbons (Fsp3) is 0.250. The van der Waals surface area contributed by atoms with Gasteiger partial charge in [-0.2, -0.15) is 0 Å². The van der Waals surface area contributed by atoms with Gasteiger partial charge in [0.1, 0.15) is 6.61 Å². The minimum absolute atomic E-state index is 0.166. The molecule has 0 spiro atoms. The Morgan fingerprint density at radius 1 is 1.29 bits per heavy atom. The second-order valence-corrected chi connectivity index (χ2v) is 5.39. The Hall–Kier alpha value is -2.14. The van der Waals surface area contributed by atoms with E-state index in [0.29, 0.717) is 30.3 Å². The average Bonchev–Trinajstić information content (AvgIpc) is 2.46. The SMILES string of the molecule is Cc1ccc(COc2cccn(CCC(N)=S)c2=O)cc1. The summed E-state index contributed by atoms with van der Waals surface area (Å²) in [6.07, 6.45) is 2.20. The van der Waals surface area contributed by atoms with Crippen molar-refractivity contribution in [2.75, 3.05) is 0 Å². The molecular weight excluding hydrogens is 284 g/mol. The first kappa shape index (κ1) is 15.3. The first-order valence-corrected chi connectivity index (χ1v) is 7.13. The van der Waals surface area contributed by atoms with Gasteiger partial charge in [0.15, 0.2) is 5.75 Å². The molecule has 5 heteroatoms. The van der Waals surface area contributed by atoms with Gasteiger partial charge in [0.25, 0.3) is 5.56 Å². The second-order valence-electron chi connectivity index (χ2n) is 4.86. The first-order valence-electron chi connectivity index (χ1n) is 6.72. The van der Waals surface area contributed by atoms with Crippen LogP contribution in [0, 0.1) is 6.92 Å². The van der Waals surface area contributed by atoms with Gasteiger partial charge in [-0.15, -0.1) is 0 Å². The maximum Gasteiger partial charge on any atom is 0.292 e. The molecule has 110 valence electrons. The number of rotatable bonds is 6. The maximum absolute atomic E-state index is 12.2. The summed E-state index contributed by atoms with van der Waals surface area (Å²) in [5, 5.41) is 0. The highest BCUT2D eigenvalue weighted by Crippen LogP contribution is 2.08. The molecule has 0 saturated heterocycles. The van der Waals surface area contributed by atoms with Crippen LogP contribution in [0.2, 0.25) is 0 Å². The number of nitrogens with zero attached hydrogens (tertiary/aromatic N) is 1. The molecule has 0 atom stereocenters. The highest BCUT2D eigenvalue weighted by molar-refractivity contribution is 7.80. The number of pyridine rings is 1. The van der Waals surface area contributed by atoms with E-state index in [0.717, 1.165) is 5.56 Å². The first-order chi connectivity index (χ1) is 10.1. The quantitative estimate of drug-likeness (QED) is 0.833. The van der Waals surface area contributed by atoms with Crippen molar-refractivity contribution >= 4 is 17.2 Å². The molecule has 0 aliphatic rings. The molecule has 4 nitrogen and oxygen atoms in total. The Morgan fingerprint density at radius 3 is 2.67 bits per heavy atom. The third-order valence-electron chi connectivity index (χ3n) is 3.10. The Morgan fingerprint density at radius 2 is 2.00 bits per heavy atom. The highest BCUT2D eigenvalue weighted by atomic mass is 32.1. The molecule has 0 aliphatic heterocycles. The lowest BCUT2D eigenvalue weighted by Crippen LogP contribution is -2.23. The van der Waals surface area contributed by atoms with Gasteiger partial charge in [0.2, 0.25) is 0 Å². The molecule has 2 N–H and O–H groups in total. The topological polar surface area (TPSA) is 57.2 Å². The third kappa shape index (κ3) is 4.43. The van der Waals surface area contributed by atoms with E-state index in [1.54, 1.807) is 22.9 Å². The number of benzene rings is 1. The third-order valence-corrected chi connectivity index (χ3v) is 3.30. The van der Waals surface area contributed by atoms with Crippen LogP contribution in [-0.2, 0) is 13.2 Å². The van der Waals surface area contributed by atoms with Crippen LogP contribution < -0.4 is 16.0 Å². The van der Waals surface area contributed by atoms with Crippen LogP contribution in [-0.4, -0.2) is 9.56 Å². The molecule has 21 heavy (non-hydrogen) atoms. The summed E-state index contributed by atoms with van der Waals surface area (Å²) in [5.41, 5.74) is 7.51. The van der Waals surface area contributed by atoms with Crippen molar-refractivity contribution < 1.29 is 4.74 Å². The molecular formula is C16H18N2O2S. The van der Waals surface area contributed by atoms with Gasteiger partial charge < -0.3 is 15.0 Å². The van der Waals surface area contributed by atoms with Crippen LogP contribution in [0.25, 0.3) is 0 Å². The number of hydrogen-bond acceptors (Lipinski definition) is 3. The van der Waals surface area contributed by atoms with Crippen molar-refractivity contribution in [3.63, 3.8) is 0 Å². The fourth-order valence-electron chi connectivity index (χ4n) is 1.88. The maximum atomic E-state index is 12.2. The zero-order valence-corrected chi connectivity index (χ0v) is 12.7. The fourth-order valence-corrected chi connectivity index (χ4v) is 1.97. The van der Waals surface area contributed by atoms with Crippen molar-refractivity contribution in [3.05, 3.63) is 64.1 Å².